The van der Waals surface area contributed by atoms with Gasteiger partial charge < -0.3 is 15.7 Å². The fourth-order valence-electron chi connectivity index (χ4n) is 2.35. The van der Waals surface area contributed by atoms with Gasteiger partial charge in [-0.25, -0.2) is 0 Å². The van der Waals surface area contributed by atoms with Crippen molar-refractivity contribution < 1.29 is 5.11 Å². The van der Waals surface area contributed by atoms with Crippen molar-refractivity contribution in [1.29, 1.82) is 0 Å². The largest absolute Gasteiger partial charge is 0.386 e. The van der Waals surface area contributed by atoms with Crippen LogP contribution in [0.15, 0.2) is 35.3 Å². The number of aliphatic imine (C=N–C) groups is 1. The Balaban J connectivity index is 0.00000312. The molecule has 0 aliphatic heterocycles. The first-order valence-electron chi connectivity index (χ1n) is 8.42. The molecule has 0 amide bonds. The highest BCUT2D eigenvalue weighted by molar-refractivity contribution is 14.0. The number of nitrogens with zero attached hydrogens (tertiary/aromatic N) is 1. The average Bonchev–Trinajstić information content (AvgIpc) is 3.03. The lowest BCUT2D eigenvalue weighted by atomic mass is 10.2. The van der Waals surface area contributed by atoms with E-state index < -0.39 is 6.10 Å². The Bertz CT molecular complexity index is 615. The molecule has 0 radical (unpaired) electrons. The Hall–Kier alpha value is -0.510. The molecule has 2 aromatic rings. The Labute approximate surface area is 175 Å². The molecule has 4 nitrogen and oxygen atoms in total. The molecular weight excluding hydrogens is 465 g/mol. The summed E-state index contributed by atoms with van der Waals surface area (Å²) in [5.41, 5.74) is 0. The Kier molecular flexibility index (Phi) is 11.5. The minimum atomic E-state index is -0.561. The quantitative estimate of drug-likeness (QED) is 0.212. The van der Waals surface area contributed by atoms with Gasteiger partial charge in [-0.2, -0.15) is 11.8 Å². The normalized spacial score (nSPS) is 12.7. The van der Waals surface area contributed by atoms with Gasteiger partial charge in [-0.05, 0) is 49.3 Å². The highest BCUT2D eigenvalue weighted by Crippen LogP contribution is 2.29. The number of halogens is 1. The standard InChI is InChI=1S/C18H27N3OS2.HI/c1-3-19-18(20-10-6-7-11-23-2)21-13-15(22)17-12-14-8-4-5-9-16(14)24-17;/h4-5,8-9,12,15,22H,3,6-7,10-11,13H2,1-2H3,(H2,19,20,21);1H. The fourth-order valence-corrected chi connectivity index (χ4v) is 3.89. The van der Waals surface area contributed by atoms with Crippen molar-refractivity contribution in [3.05, 3.63) is 35.2 Å². The Morgan fingerprint density at radius 2 is 2.08 bits per heavy atom. The molecule has 0 aliphatic rings. The zero-order valence-corrected chi connectivity index (χ0v) is 18.8. The maximum Gasteiger partial charge on any atom is 0.191 e. The highest BCUT2D eigenvalue weighted by atomic mass is 127. The second-order valence-electron chi connectivity index (χ2n) is 5.55. The molecular formula is C18H28IN3OS2. The SMILES string of the molecule is CCNC(=NCC(O)c1cc2ccccc2s1)NCCCCSC.I. The first-order chi connectivity index (χ1) is 11.7. The molecule has 7 heteroatoms. The molecule has 1 aromatic heterocycles. The lowest BCUT2D eigenvalue weighted by Gasteiger charge is -2.12. The molecule has 0 aliphatic carbocycles. The van der Waals surface area contributed by atoms with E-state index in [1.54, 1.807) is 11.3 Å². The van der Waals surface area contributed by atoms with Crippen LogP contribution < -0.4 is 10.6 Å². The molecule has 0 fully saturated rings. The van der Waals surface area contributed by atoms with Crippen LogP contribution in [-0.2, 0) is 0 Å². The van der Waals surface area contributed by atoms with Gasteiger partial charge >= 0.3 is 0 Å². The van der Waals surface area contributed by atoms with Gasteiger partial charge in [0.1, 0.15) is 6.10 Å². The van der Waals surface area contributed by atoms with Crippen LogP contribution in [0.4, 0.5) is 0 Å². The molecule has 0 bridgehead atoms. The number of aliphatic hydroxyl groups excluding tert-OH is 1. The van der Waals surface area contributed by atoms with Gasteiger partial charge in [0.2, 0.25) is 0 Å². The van der Waals surface area contributed by atoms with Crippen LogP contribution in [0.2, 0.25) is 0 Å². The van der Waals surface area contributed by atoms with Crippen molar-refractivity contribution in [3.8, 4) is 0 Å². The number of guanidine groups is 1. The number of thioether (sulfide) groups is 1. The van der Waals surface area contributed by atoms with E-state index in [0.717, 1.165) is 30.3 Å². The van der Waals surface area contributed by atoms with Gasteiger partial charge in [0.15, 0.2) is 5.96 Å². The topological polar surface area (TPSA) is 56.7 Å². The summed E-state index contributed by atoms with van der Waals surface area (Å²) < 4.78 is 1.20. The summed E-state index contributed by atoms with van der Waals surface area (Å²) in [6, 6.07) is 10.3. The minimum Gasteiger partial charge on any atom is -0.386 e. The average molecular weight is 493 g/mol. The summed E-state index contributed by atoms with van der Waals surface area (Å²) in [6.45, 7) is 4.14. The number of hydrogen-bond acceptors (Lipinski definition) is 4. The van der Waals surface area contributed by atoms with Crippen LogP contribution in [0.1, 0.15) is 30.7 Å². The van der Waals surface area contributed by atoms with Gasteiger partial charge in [0, 0.05) is 22.7 Å². The summed E-state index contributed by atoms with van der Waals surface area (Å²) in [5, 5.41) is 18.2. The van der Waals surface area contributed by atoms with Crippen molar-refractivity contribution in [2.45, 2.75) is 25.9 Å². The third kappa shape index (κ3) is 7.72. The molecule has 0 spiro atoms. The van der Waals surface area contributed by atoms with Crippen molar-refractivity contribution >= 4 is 63.1 Å². The summed E-state index contributed by atoms with van der Waals surface area (Å²) >= 11 is 3.51. The second kappa shape index (κ2) is 12.8. The van der Waals surface area contributed by atoms with Crippen molar-refractivity contribution in [3.63, 3.8) is 0 Å². The van der Waals surface area contributed by atoms with Crippen LogP contribution in [-0.4, -0.2) is 42.7 Å². The van der Waals surface area contributed by atoms with Crippen molar-refractivity contribution in [2.75, 3.05) is 31.6 Å². The number of nitrogens with one attached hydrogen (secondary N) is 2. The van der Waals surface area contributed by atoms with Gasteiger partial charge in [-0.1, -0.05) is 18.2 Å². The lowest BCUT2D eigenvalue weighted by molar-refractivity contribution is 0.191. The number of benzene rings is 1. The molecule has 1 heterocycles. The number of hydrogen-bond donors (Lipinski definition) is 3. The van der Waals surface area contributed by atoms with Gasteiger partial charge in [0.05, 0.1) is 6.54 Å². The fraction of sp³-hybridized carbons (Fsp3) is 0.500. The monoisotopic (exact) mass is 493 g/mol. The third-order valence-electron chi connectivity index (χ3n) is 3.61. The predicted octanol–water partition coefficient (Wildman–Crippen LogP) is 4.25. The van der Waals surface area contributed by atoms with Crippen molar-refractivity contribution in [2.24, 2.45) is 4.99 Å². The van der Waals surface area contributed by atoms with Gasteiger partial charge in [-0.3, -0.25) is 4.99 Å². The molecule has 0 saturated carbocycles. The molecule has 1 aromatic carbocycles. The number of thiophene rings is 1. The lowest BCUT2D eigenvalue weighted by Crippen LogP contribution is -2.38. The Morgan fingerprint density at radius 1 is 1.28 bits per heavy atom. The van der Waals surface area contributed by atoms with E-state index in [4.69, 9.17) is 0 Å². The van der Waals surface area contributed by atoms with E-state index in [-0.39, 0.29) is 24.0 Å². The van der Waals surface area contributed by atoms with E-state index in [2.05, 4.69) is 40.1 Å². The number of aliphatic hydroxyl groups is 1. The molecule has 140 valence electrons. The smallest absolute Gasteiger partial charge is 0.191 e. The zero-order chi connectivity index (χ0) is 17.2. The molecule has 3 N–H and O–H groups in total. The van der Waals surface area contributed by atoms with Crippen LogP contribution in [0.3, 0.4) is 0 Å². The zero-order valence-electron chi connectivity index (χ0n) is 14.8. The van der Waals surface area contributed by atoms with Gasteiger partial charge in [0.25, 0.3) is 0 Å². The number of unbranched alkanes of at least 4 members (excludes halogenated alkanes) is 1. The third-order valence-corrected chi connectivity index (χ3v) is 5.52. The summed E-state index contributed by atoms with van der Waals surface area (Å²) in [7, 11) is 0. The van der Waals surface area contributed by atoms with E-state index in [0.29, 0.717) is 6.54 Å². The minimum absolute atomic E-state index is 0. The number of fused-ring (bicyclic) bond motifs is 1. The second-order valence-corrected chi connectivity index (χ2v) is 7.65. The summed E-state index contributed by atoms with van der Waals surface area (Å²) in [5.74, 6) is 1.97. The van der Waals surface area contributed by atoms with E-state index in [1.165, 1.54) is 22.3 Å². The molecule has 0 saturated heterocycles. The van der Waals surface area contributed by atoms with Crippen molar-refractivity contribution in [1.82, 2.24) is 10.6 Å². The number of rotatable bonds is 9. The maximum atomic E-state index is 10.4. The maximum absolute atomic E-state index is 10.4. The van der Waals surface area contributed by atoms with Crippen LogP contribution in [0.25, 0.3) is 10.1 Å². The summed E-state index contributed by atoms with van der Waals surface area (Å²) in [4.78, 5) is 5.49. The van der Waals surface area contributed by atoms with Gasteiger partial charge in [-0.15, -0.1) is 35.3 Å². The molecule has 2 rings (SSSR count). The molecule has 1 unspecified atom stereocenters. The van der Waals surface area contributed by atoms with Crippen LogP contribution in [0.5, 0.6) is 0 Å². The van der Waals surface area contributed by atoms with E-state index in [9.17, 15) is 5.11 Å². The first kappa shape index (κ1) is 22.5. The van der Waals surface area contributed by atoms with E-state index >= 15 is 0 Å². The van der Waals surface area contributed by atoms with Crippen LogP contribution >= 0.6 is 47.1 Å². The molecule has 1 atom stereocenters. The highest BCUT2D eigenvalue weighted by Gasteiger charge is 2.11. The molecule has 25 heavy (non-hydrogen) atoms. The van der Waals surface area contributed by atoms with Crippen LogP contribution in [0, 0.1) is 0 Å². The first-order valence-corrected chi connectivity index (χ1v) is 10.6. The van der Waals surface area contributed by atoms with E-state index in [1.807, 2.05) is 30.8 Å². The summed E-state index contributed by atoms with van der Waals surface area (Å²) in [6.07, 6.45) is 3.91. The Morgan fingerprint density at radius 3 is 2.80 bits per heavy atom. The predicted molar refractivity (Wildman–Crippen MR) is 124 cm³/mol.